The van der Waals surface area contributed by atoms with E-state index in [2.05, 4.69) is 43.1 Å². The van der Waals surface area contributed by atoms with Crippen LogP contribution in [0.3, 0.4) is 0 Å². The van der Waals surface area contributed by atoms with E-state index in [9.17, 15) is 4.79 Å². The Balaban J connectivity index is 1.48. The number of nitrogens with one attached hydrogen (secondary N) is 1. The van der Waals surface area contributed by atoms with Crippen molar-refractivity contribution in [2.75, 3.05) is 5.32 Å². The molecule has 0 aliphatic carbocycles. The maximum Gasteiger partial charge on any atom is 0.256 e. The third kappa shape index (κ3) is 3.89. The number of hydrogen-bond acceptors (Lipinski definition) is 5. The van der Waals surface area contributed by atoms with E-state index in [1.165, 1.54) is 0 Å². The molecule has 2 aromatic carbocycles. The van der Waals surface area contributed by atoms with Crippen LogP contribution < -0.4 is 5.32 Å². The molecule has 0 saturated heterocycles. The van der Waals surface area contributed by atoms with Crippen LogP contribution in [0, 0.1) is 3.57 Å². The molecular weight excluding hydrogens is 503 g/mol. The monoisotopic (exact) mass is 518 g/mol. The molecule has 0 fully saturated rings. The third-order valence-electron chi connectivity index (χ3n) is 4.72. The first kappa shape index (κ1) is 19.3. The van der Waals surface area contributed by atoms with E-state index < -0.39 is 0 Å². The number of amides is 1. The molecule has 8 heteroatoms. The molecule has 0 aliphatic heterocycles. The molecular formula is C23H15IN6O. The van der Waals surface area contributed by atoms with Crippen LogP contribution in [0.15, 0.2) is 85.2 Å². The standard InChI is InChI=1S/C23H15IN6O/c24-19-9-2-1-8-18(19)23(31)26-17-7-3-5-15(13-17)20-10-11-21-27-28-22(30(21)29-20)16-6-4-12-25-14-16/h1-14H,(H,26,31). The summed E-state index contributed by atoms with van der Waals surface area (Å²) < 4.78 is 2.60. The Morgan fingerprint density at radius 2 is 1.77 bits per heavy atom. The topological polar surface area (TPSA) is 85.1 Å². The average Bonchev–Trinajstić information content (AvgIpc) is 3.23. The zero-order valence-corrected chi connectivity index (χ0v) is 18.3. The van der Waals surface area contributed by atoms with Crippen LogP contribution in [0.1, 0.15) is 10.4 Å². The lowest BCUT2D eigenvalue weighted by Crippen LogP contribution is -2.13. The van der Waals surface area contributed by atoms with E-state index in [4.69, 9.17) is 5.10 Å². The van der Waals surface area contributed by atoms with E-state index >= 15 is 0 Å². The molecule has 1 amide bonds. The van der Waals surface area contributed by atoms with Gasteiger partial charge in [0.25, 0.3) is 5.91 Å². The number of halogens is 1. The summed E-state index contributed by atoms with van der Waals surface area (Å²) in [5, 5.41) is 16.1. The van der Waals surface area contributed by atoms with Crippen molar-refractivity contribution in [1.29, 1.82) is 0 Å². The highest BCUT2D eigenvalue weighted by molar-refractivity contribution is 14.1. The Kier molecular flexibility index (Phi) is 5.13. The van der Waals surface area contributed by atoms with Crippen molar-refractivity contribution in [3.8, 4) is 22.6 Å². The first-order valence-electron chi connectivity index (χ1n) is 9.48. The Labute approximate surface area is 191 Å². The highest BCUT2D eigenvalue weighted by Gasteiger charge is 2.13. The lowest BCUT2D eigenvalue weighted by Gasteiger charge is -2.09. The molecule has 7 nitrogen and oxygen atoms in total. The maximum atomic E-state index is 12.7. The van der Waals surface area contributed by atoms with Crippen molar-refractivity contribution in [3.63, 3.8) is 0 Å². The molecule has 0 spiro atoms. The van der Waals surface area contributed by atoms with Gasteiger partial charge in [0.2, 0.25) is 0 Å². The normalized spacial score (nSPS) is 10.9. The van der Waals surface area contributed by atoms with E-state index in [1.54, 1.807) is 16.9 Å². The van der Waals surface area contributed by atoms with E-state index in [-0.39, 0.29) is 5.91 Å². The predicted molar refractivity (Wildman–Crippen MR) is 127 cm³/mol. The Morgan fingerprint density at radius 1 is 0.903 bits per heavy atom. The smallest absolute Gasteiger partial charge is 0.256 e. The molecule has 0 unspecified atom stereocenters. The van der Waals surface area contributed by atoms with Crippen molar-refractivity contribution < 1.29 is 4.79 Å². The number of hydrogen-bond donors (Lipinski definition) is 1. The number of fused-ring (bicyclic) bond motifs is 1. The molecule has 0 aliphatic rings. The molecule has 0 saturated carbocycles. The fourth-order valence-corrected chi connectivity index (χ4v) is 3.85. The molecule has 3 aromatic heterocycles. The van der Waals surface area contributed by atoms with Gasteiger partial charge < -0.3 is 5.32 Å². The van der Waals surface area contributed by atoms with Gasteiger partial charge in [-0.15, -0.1) is 10.2 Å². The van der Waals surface area contributed by atoms with Crippen LogP contribution in [0.25, 0.3) is 28.3 Å². The molecule has 0 radical (unpaired) electrons. The van der Waals surface area contributed by atoms with Gasteiger partial charge in [-0.2, -0.15) is 9.61 Å². The summed E-state index contributed by atoms with van der Waals surface area (Å²) in [5.74, 6) is 0.469. The second-order valence-electron chi connectivity index (χ2n) is 6.77. The van der Waals surface area contributed by atoms with Crippen LogP contribution >= 0.6 is 22.6 Å². The minimum Gasteiger partial charge on any atom is -0.322 e. The van der Waals surface area contributed by atoms with Gasteiger partial charge in [-0.25, -0.2) is 0 Å². The Bertz CT molecular complexity index is 1400. The number of pyridine rings is 1. The van der Waals surface area contributed by atoms with Crippen LogP contribution in [0.2, 0.25) is 0 Å². The van der Waals surface area contributed by atoms with Crippen LogP contribution in [0.5, 0.6) is 0 Å². The Morgan fingerprint density at radius 3 is 2.61 bits per heavy atom. The molecule has 1 N–H and O–H groups in total. The summed E-state index contributed by atoms with van der Waals surface area (Å²) >= 11 is 2.16. The van der Waals surface area contributed by atoms with Crippen molar-refractivity contribution in [3.05, 3.63) is 94.3 Å². The predicted octanol–water partition coefficient (Wildman–Crippen LogP) is 4.71. The quantitative estimate of drug-likeness (QED) is 0.349. The van der Waals surface area contributed by atoms with Gasteiger partial charge in [0.05, 0.1) is 11.3 Å². The Hall–Kier alpha value is -3.66. The minimum absolute atomic E-state index is 0.150. The molecule has 0 atom stereocenters. The van der Waals surface area contributed by atoms with E-state index in [0.29, 0.717) is 22.7 Å². The number of benzene rings is 2. The molecule has 150 valence electrons. The summed E-state index contributed by atoms with van der Waals surface area (Å²) in [5.41, 5.74) is 4.42. The number of aromatic nitrogens is 5. The molecule has 0 bridgehead atoms. The first-order chi connectivity index (χ1) is 15.2. The fraction of sp³-hybridized carbons (Fsp3) is 0. The van der Waals surface area contributed by atoms with Crippen molar-refractivity contribution in [1.82, 2.24) is 24.8 Å². The molecule has 5 aromatic rings. The van der Waals surface area contributed by atoms with Crippen LogP contribution in [-0.4, -0.2) is 30.7 Å². The van der Waals surface area contributed by atoms with Gasteiger partial charge in [0.1, 0.15) is 0 Å². The zero-order chi connectivity index (χ0) is 21.2. The number of carbonyl (C=O) groups excluding carboxylic acids is 1. The third-order valence-corrected chi connectivity index (χ3v) is 5.66. The fourth-order valence-electron chi connectivity index (χ4n) is 3.22. The second-order valence-corrected chi connectivity index (χ2v) is 7.93. The lowest BCUT2D eigenvalue weighted by atomic mass is 10.1. The highest BCUT2D eigenvalue weighted by Crippen LogP contribution is 2.24. The van der Waals surface area contributed by atoms with Gasteiger partial charge in [0.15, 0.2) is 11.5 Å². The summed E-state index contributed by atoms with van der Waals surface area (Å²) in [6.45, 7) is 0. The van der Waals surface area contributed by atoms with Gasteiger partial charge in [-0.3, -0.25) is 9.78 Å². The minimum atomic E-state index is -0.150. The average molecular weight is 518 g/mol. The van der Waals surface area contributed by atoms with Crippen molar-refractivity contribution in [2.45, 2.75) is 0 Å². The van der Waals surface area contributed by atoms with Gasteiger partial charge in [0, 0.05) is 32.8 Å². The molecule has 3 heterocycles. The van der Waals surface area contributed by atoms with E-state index in [0.717, 1.165) is 20.4 Å². The lowest BCUT2D eigenvalue weighted by molar-refractivity contribution is 0.102. The number of nitrogens with zero attached hydrogens (tertiary/aromatic N) is 5. The summed E-state index contributed by atoms with van der Waals surface area (Å²) in [4.78, 5) is 16.8. The summed E-state index contributed by atoms with van der Waals surface area (Å²) in [6.07, 6.45) is 3.44. The van der Waals surface area contributed by atoms with Gasteiger partial charge in [-0.05, 0) is 71.1 Å². The van der Waals surface area contributed by atoms with Crippen LogP contribution in [-0.2, 0) is 0 Å². The van der Waals surface area contributed by atoms with Crippen LogP contribution in [0.4, 0.5) is 5.69 Å². The van der Waals surface area contributed by atoms with Gasteiger partial charge >= 0.3 is 0 Å². The van der Waals surface area contributed by atoms with Gasteiger partial charge in [-0.1, -0.05) is 24.3 Å². The SMILES string of the molecule is O=C(Nc1cccc(-c2ccc3nnc(-c4cccnc4)n3n2)c1)c1ccccc1I. The molecule has 31 heavy (non-hydrogen) atoms. The van der Waals surface area contributed by atoms with Crippen molar-refractivity contribution in [2.24, 2.45) is 0 Å². The molecule has 5 rings (SSSR count). The largest absolute Gasteiger partial charge is 0.322 e. The summed E-state index contributed by atoms with van der Waals surface area (Å²) in [7, 11) is 0. The number of carbonyl (C=O) groups is 1. The number of rotatable bonds is 4. The maximum absolute atomic E-state index is 12.7. The van der Waals surface area contributed by atoms with Crippen molar-refractivity contribution >= 4 is 39.8 Å². The summed E-state index contributed by atoms with van der Waals surface area (Å²) in [6, 6.07) is 22.6. The first-order valence-corrected chi connectivity index (χ1v) is 10.6. The highest BCUT2D eigenvalue weighted by atomic mass is 127. The van der Waals surface area contributed by atoms with E-state index in [1.807, 2.05) is 72.8 Å². The number of anilines is 1. The second kappa shape index (κ2) is 8.23. The zero-order valence-electron chi connectivity index (χ0n) is 16.1.